The number of hydrogen-bond donors (Lipinski definition) is 1. The summed E-state index contributed by atoms with van der Waals surface area (Å²) < 4.78 is 0. The summed E-state index contributed by atoms with van der Waals surface area (Å²) in [5, 5.41) is 3.22. The fourth-order valence-electron chi connectivity index (χ4n) is 3.10. The molecule has 0 saturated carbocycles. The number of nitrogens with one attached hydrogen (secondary N) is 1. The number of likely N-dealkylation sites (N-methyl/N-ethyl adjacent to an activating group) is 1. The number of rotatable bonds is 4. The number of anilines is 1. The minimum absolute atomic E-state index is 0.664. The second-order valence-electron chi connectivity index (χ2n) is 6.05. The topological polar surface area (TPSA) is 18.5 Å². The van der Waals surface area contributed by atoms with Gasteiger partial charge in [-0.05, 0) is 57.2 Å². The summed E-state index contributed by atoms with van der Waals surface area (Å²) in [4.78, 5) is 4.87. The molecule has 0 spiro atoms. The van der Waals surface area contributed by atoms with Gasteiger partial charge in [-0.2, -0.15) is 0 Å². The molecule has 1 fully saturated rings. The molecule has 3 nitrogen and oxygen atoms in total. The molecule has 1 aliphatic rings. The van der Waals surface area contributed by atoms with Crippen LogP contribution in [-0.4, -0.2) is 45.2 Å². The van der Waals surface area contributed by atoms with E-state index in [-0.39, 0.29) is 0 Å². The highest BCUT2D eigenvalue weighted by Gasteiger charge is 2.31. The molecule has 1 N–H and O–H groups in total. The Labute approximate surface area is 117 Å². The Morgan fingerprint density at radius 2 is 2.05 bits per heavy atom. The van der Waals surface area contributed by atoms with Gasteiger partial charge in [0.25, 0.3) is 0 Å². The van der Waals surface area contributed by atoms with Crippen LogP contribution in [-0.2, 0) is 6.54 Å². The van der Waals surface area contributed by atoms with Crippen molar-refractivity contribution in [2.45, 2.75) is 26.4 Å². The summed E-state index contributed by atoms with van der Waals surface area (Å²) in [5.41, 5.74) is 4.14. The maximum atomic E-state index is 3.22. The molecule has 1 heterocycles. The molecule has 0 aromatic heterocycles. The van der Waals surface area contributed by atoms with Crippen LogP contribution in [0.3, 0.4) is 0 Å². The van der Waals surface area contributed by atoms with Crippen molar-refractivity contribution in [2.75, 3.05) is 39.1 Å². The number of nitrogens with zero attached hydrogens (tertiary/aromatic N) is 2. The van der Waals surface area contributed by atoms with Gasteiger partial charge in [-0.3, -0.25) is 0 Å². The molecule has 3 heteroatoms. The maximum absolute atomic E-state index is 3.22. The SMILES string of the molecule is CNCc1ccc(N2CC(C)C(N(C)C)C2)cc1C. The van der Waals surface area contributed by atoms with E-state index < -0.39 is 0 Å². The van der Waals surface area contributed by atoms with Gasteiger partial charge in [-0.15, -0.1) is 0 Å². The van der Waals surface area contributed by atoms with Gasteiger partial charge in [-0.25, -0.2) is 0 Å². The molecule has 19 heavy (non-hydrogen) atoms. The third-order valence-electron chi connectivity index (χ3n) is 4.29. The predicted molar refractivity (Wildman–Crippen MR) is 82.8 cm³/mol. The molecular weight excluding hydrogens is 234 g/mol. The lowest BCUT2D eigenvalue weighted by atomic mass is 10.1. The monoisotopic (exact) mass is 261 g/mol. The van der Waals surface area contributed by atoms with Gasteiger partial charge >= 0.3 is 0 Å². The zero-order valence-corrected chi connectivity index (χ0v) is 12.9. The zero-order chi connectivity index (χ0) is 14.0. The predicted octanol–water partition coefficient (Wildman–Crippen LogP) is 2.10. The van der Waals surface area contributed by atoms with Gasteiger partial charge in [0.2, 0.25) is 0 Å². The summed E-state index contributed by atoms with van der Waals surface area (Å²) in [5.74, 6) is 0.729. The highest BCUT2D eigenvalue weighted by Crippen LogP contribution is 2.27. The van der Waals surface area contributed by atoms with E-state index in [2.05, 4.69) is 61.3 Å². The fraction of sp³-hybridized carbons (Fsp3) is 0.625. The first-order chi connectivity index (χ1) is 9.02. The normalized spacial score (nSPS) is 23.4. The van der Waals surface area contributed by atoms with Gasteiger partial charge in [0.15, 0.2) is 0 Å². The van der Waals surface area contributed by atoms with E-state index in [1.165, 1.54) is 16.8 Å². The number of hydrogen-bond acceptors (Lipinski definition) is 3. The Bertz CT molecular complexity index is 428. The average Bonchev–Trinajstić information content (AvgIpc) is 2.74. The first kappa shape index (κ1) is 14.4. The third kappa shape index (κ3) is 3.10. The van der Waals surface area contributed by atoms with Crippen molar-refractivity contribution in [1.82, 2.24) is 10.2 Å². The summed E-state index contributed by atoms with van der Waals surface area (Å²) in [6, 6.07) is 7.52. The third-order valence-corrected chi connectivity index (χ3v) is 4.29. The highest BCUT2D eigenvalue weighted by atomic mass is 15.2. The first-order valence-corrected chi connectivity index (χ1v) is 7.18. The van der Waals surface area contributed by atoms with Gasteiger partial charge in [0.1, 0.15) is 0 Å². The number of aryl methyl sites for hydroxylation is 1. The van der Waals surface area contributed by atoms with Crippen LogP contribution in [0.1, 0.15) is 18.1 Å². The Kier molecular flexibility index (Phi) is 4.48. The van der Waals surface area contributed by atoms with E-state index in [1.54, 1.807) is 0 Å². The highest BCUT2D eigenvalue weighted by molar-refractivity contribution is 5.52. The quantitative estimate of drug-likeness (QED) is 0.895. The van der Waals surface area contributed by atoms with Crippen LogP contribution in [0.2, 0.25) is 0 Å². The van der Waals surface area contributed by atoms with E-state index in [1.807, 2.05) is 7.05 Å². The van der Waals surface area contributed by atoms with Crippen LogP contribution in [0.15, 0.2) is 18.2 Å². The molecule has 1 aromatic rings. The maximum Gasteiger partial charge on any atom is 0.0369 e. The van der Waals surface area contributed by atoms with Gasteiger partial charge in [0, 0.05) is 31.4 Å². The molecule has 0 radical (unpaired) electrons. The molecule has 0 amide bonds. The van der Waals surface area contributed by atoms with Crippen molar-refractivity contribution in [3.05, 3.63) is 29.3 Å². The van der Waals surface area contributed by atoms with E-state index >= 15 is 0 Å². The standard InChI is InChI=1S/C16H27N3/c1-12-8-15(7-6-14(12)9-17-3)19-10-13(2)16(11-19)18(4)5/h6-8,13,16-17H,9-11H2,1-5H3. The Hall–Kier alpha value is -1.06. The van der Waals surface area contributed by atoms with Crippen LogP contribution in [0.5, 0.6) is 0 Å². The first-order valence-electron chi connectivity index (χ1n) is 7.18. The molecule has 2 unspecified atom stereocenters. The van der Waals surface area contributed by atoms with Crippen LogP contribution in [0, 0.1) is 12.8 Å². The minimum atomic E-state index is 0.664. The summed E-state index contributed by atoms with van der Waals surface area (Å²) in [7, 11) is 6.37. The zero-order valence-electron chi connectivity index (χ0n) is 12.9. The molecule has 2 atom stereocenters. The van der Waals surface area contributed by atoms with E-state index in [4.69, 9.17) is 0 Å². The Morgan fingerprint density at radius 3 is 2.58 bits per heavy atom. The smallest absolute Gasteiger partial charge is 0.0369 e. The van der Waals surface area contributed by atoms with Crippen molar-refractivity contribution in [2.24, 2.45) is 5.92 Å². The van der Waals surface area contributed by atoms with Crippen molar-refractivity contribution in [1.29, 1.82) is 0 Å². The Morgan fingerprint density at radius 1 is 1.32 bits per heavy atom. The fourth-order valence-corrected chi connectivity index (χ4v) is 3.10. The summed E-state index contributed by atoms with van der Waals surface area (Å²) >= 11 is 0. The number of benzene rings is 1. The minimum Gasteiger partial charge on any atom is -0.370 e. The summed E-state index contributed by atoms with van der Waals surface area (Å²) in [6.07, 6.45) is 0. The van der Waals surface area contributed by atoms with Crippen molar-refractivity contribution >= 4 is 5.69 Å². The molecule has 0 bridgehead atoms. The Balaban J connectivity index is 2.13. The van der Waals surface area contributed by atoms with E-state index in [0.29, 0.717) is 6.04 Å². The molecule has 0 aliphatic carbocycles. The average molecular weight is 261 g/mol. The second-order valence-corrected chi connectivity index (χ2v) is 6.05. The molecular formula is C16H27N3. The lowest BCUT2D eigenvalue weighted by molar-refractivity contribution is 0.266. The molecule has 106 valence electrons. The largest absolute Gasteiger partial charge is 0.370 e. The van der Waals surface area contributed by atoms with E-state index in [9.17, 15) is 0 Å². The second kappa shape index (κ2) is 5.93. The van der Waals surface area contributed by atoms with Crippen molar-refractivity contribution < 1.29 is 0 Å². The van der Waals surface area contributed by atoms with Crippen LogP contribution >= 0.6 is 0 Å². The lowest BCUT2D eigenvalue weighted by Gasteiger charge is -2.23. The van der Waals surface area contributed by atoms with Crippen molar-refractivity contribution in [3.63, 3.8) is 0 Å². The van der Waals surface area contributed by atoms with Crippen LogP contribution in [0.4, 0.5) is 5.69 Å². The van der Waals surface area contributed by atoms with Crippen molar-refractivity contribution in [3.8, 4) is 0 Å². The summed E-state index contributed by atoms with van der Waals surface area (Å²) in [6.45, 7) is 7.81. The van der Waals surface area contributed by atoms with Crippen LogP contribution in [0.25, 0.3) is 0 Å². The van der Waals surface area contributed by atoms with Gasteiger partial charge in [0.05, 0.1) is 0 Å². The molecule has 1 aromatic carbocycles. The van der Waals surface area contributed by atoms with Gasteiger partial charge in [-0.1, -0.05) is 13.0 Å². The molecule has 1 saturated heterocycles. The van der Waals surface area contributed by atoms with Gasteiger partial charge < -0.3 is 15.1 Å². The van der Waals surface area contributed by atoms with Crippen LogP contribution < -0.4 is 10.2 Å². The lowest BCUT2D eigenvalue weighted by Crippen LogP contribution is -2.34. The molecule has 2 rings (SSSR count). The molecule has 1 aliphatic heterocycles. The van der Waals surface area contributed by atoms with E-state index in [0.717, 1.165) is 25.6 Å².